The van der Waals surface area contributed by atoms with Gasteiger partial charge in [0, 0.05) is 24.9 Å². The lowest BCUT2D eigenvalue weighted by molar-refractivity contribution is -0.137. The maximum absolute atomic E-state index is 13.3. The number of aliphatic hydroxyl groups is 1. The molecule has 1 amide bonds. The first-order chi connectivity index (χ1) is 14.7. The number of ether oxygens (including phenoxy) is 1. The lowest BCUT2D eigenvalue weighted by Gasteiger charge is -2.27. The third-order valence-corrected chi connectivity index (χ3v) is 6.16. The van der Waals surface area contributed by atoms with Crippen LogP contribution in [0.25, 0.3) is 0 Å². The molecule has 30 heavy (non-hydrogen) atoms. The molecule has 1 heterocycles. The highest BCUT2D eigenvalue weighted by molar-refractivity contribution is 5.84. The normalized spacial score (nSPS) is 25.2. The summed E-state index contributed by atoms with van der Waals surface area (Å²) in [6.45, 7) is 2.18. The van der Waals surface area contributed by atoms with Gasteiger partial charge in [-0.1, -0.05) is 60.7 Å². The zero-order chi connectivity index (χ0) is 20.9. The fraction of sp³-hybridized carbons (Fsp3) is 0.417. The Hall–Kier alpha value is -2.72. The predicted molar refractivity (Wildman–Crippen MR) is 112 cm³/mol. The molecule has 0 aromatic heterocycles. The molecule has 1 saturated carbocycles. The van der Waals surface area contributed by atoms with Crippen LogP contribution in [0.5, 0.6) is 0 Å². The summed E-state index contributed by atoms with van der Waals surface area (Å²) in [5, 5.41) is 23.2. The van der Waals surface area contributed by atoms with Crippen molar-refractivity contribution in [1.82, 2.24) is 10.2 Å². The van der Waals surface area contributed by atoms with Gasteiger partial charge in [0.25, 0.3) is 0 Å². The Balaban J connectivity index is 1.56. The molecule has 0 radical (unpaired) electrons. The molecule has 6 heteroatoms. The number of nitrogens with one attached hydrogen (secondary N) is 1. The number of hydrogen-bond acceptors (Lipinski definition) is 5. The van der Waals surface area contributed by atoms with Crippen molar-refractivity contribution in [2.75, 3.05) is 32.9 Å². The largest absolute Gasteiger partial charge is 0.394 e. The van der Waals surface area contributed by atoms with Gasteiger partial charge in [-0.15, -0.1) is 0 Å². The summed E-state index contributed by atoms with van der Waals surface area (Å²) in [5.41, 5.74) is 2.00. The Morgan fingerprint density at radius 1 is 1.13 bits per heavy atom. The SMILES string of the molecule is N#C[C@@H](N[C@@H](CO)c1ccccc1)[C@H]1[C@@H](C(=O)N2CCOCC2)[C@H]1c1ccccc1. The number of nitrogens with zero attached hydrogens (tertiary/aromatic N) is 2. The van der Waals surface area contributed by atoms with Crippen LogP contribution in [0.1, 0.15) is 23.1 Å². The highest BCUT2D eigenvalue weighted by Crippen LogP contribution is 2.56. The van der Waals surface area contributed by atoms with Gasteiger partial charge in [-0.25, -0.2) is 0 Å². The fourth-order valence-electron chi connectivity index (χ4n) is 4.56. The van der Waals surface area contributed by atoms with E-state index in [9.17, 15) is 15.2 Å². The molecule has 0 bridgehead atoms. The number of aliphatic hydroxyl groups excluding tert-OH is 1. The zero-order valence-corrected chi connectivity index (χ0v) is 16.9. The first-order valence-corrected chi connectivity index (χ1v) is 10.5. The minimum atomic E-state index is -0.539. The fourth-order valence-corrected chi connectivity index (χ4v) is 4.56. The highest BCUT2D eigenvalue weighted by atomic mass is 16.5. The van der Waals surface area contributed by atoms with Crippen molar-refractivity contribution >= 4 is 5.91 Å². The average Bonchev–Trinajstić information content (AvgIpc) is 3.56. The summed E-state index contributed by atoms with van der Waals surface area (Å²) >= 11 is 0. The van der Waals surface area contributed by atoms with Gasteiger partial charge in [0.1, 0.15) is 6.04 Å². The van der Waals surface area contributed by atoms with E-state index >= 15 is 0 Å². The Morgan fingerprint density at radius 3 is 2.37 bits per heavy atom. The molecule has 1 saturated heterocycles. The molecule has 0 unspecified atom stereocenters. The molecule has 1 aliphatic heterocycles. The number of rotatable bonds is 7. The minimum absolute atomic E-state index is 0.00573. The predicted octanol–water partition coefficient (Wildman–Crippen LogP) is 2.09. The van der Waals surface area contributed by atoms with Crippen molar-refractivity contribution in [2.24, 2.45) is 11.8 Å². The van der Waals surface area contributed by atoms with E-state index in [1.54, 1.807) is 0 Å². The summed E-state index contributed by atoms with van der Waals surface area (Å²) in [5.74, 6) is -0.281. The summed E-state index contributed by atoms with van der Waals surface area (Å²) in [6.07, 6.45) is 0. The maximum Gasteiger partial charge on any atom is 0.226 e. The number of carbonyl (C=O) groups excluding carboxylic acids is 1. The smallest absolute Gasteiger partial charge is 0.226 e. The Bertz CT molecular complexity index is 878. The van der Waals surface area contributed by atoms with Crippen molar-refractivity contribution in [1.29, 1.82) is 5.26 Å². The summed E-state index contributed by atoms with van der Waals surface area (Å²) in [6, 6.07) is 21.0. The maximum atomic E-state index is 13.3. The van der Waals surface area contributed by atoms with Gasteiger partial charge >= 0.3 is 0 Å². The lowest BCUT2D eigenvalue weighted by atomic mass is 10.0. The number of carbonyl (C=O) groups is 1. The van der Waals surface area contributed by atoms with E-state index in [2.05, 4.69) is 11.4 Å². The van der Waals surface area contributed by atoms with Gasteiger partial charge in [-0.05, 0) is 11.1 Å². The van der Waals surface area contributed by atoms with Crippen LogP contribution < -0.4 is 5.32 Å². The molecule has 1 aliphatic carbocycles. The number of benzene rings is 2. The van der Waals surface area contributed by atoms with Crippen molar-refractivity contribution in [3.8, 4) is 6.07 Å². The van der Waals surface area contributed by atoms with Crippen LogP contribution in [0.2, 0.25) is 0 Å². The van der Waals surface area contributed by atoms with Crippen LogP contribution in [0, 0.1) is 23.2 Å². The van der Waals surface area contributed by atoms with E-state index in [1.165, 1.54) is 0 Å². The van der Waals surface area contributed by atoms with Gasteiger partial charge in [-0.3, -0.25) is 10.1 Å². The van der Waals surface area contributed by atoms with Crippen molar-refractivity contribution in [3.05, 3.63) is 71.8 Å². The van der Waals surface area contributed by atoms with Crippen molar-refractivity contribution in [3.63, 3.8) is 0 Å². The van der Waals surface area contributed by atoms with Gasteiger partial charge in [-0.2, -0.15) is 5.26 Å². The summed E-state index contributed by atoms with van der Waals surface area (Å²) < 4.78 is 5.39. The van der Waals surface area contributed by atoms with E-state index in [-0.39, 0.29) is 36.3 Å². The second-order valence-corrected chi connectivity index (χ2v) is 7.90. The third-order valence-electron chi connectivity index (χ3n) is 6.16. The molecule has 5 atom stereocenters. The van der Waals surface area contributed by atoms with E-state index < -0.39 is 6.04 Å². The topological polar surface area (TPSA) is 85.6 Å². The first kappa shape index (κ1) is 20.5. The van der Waals surface area contributed by atoms with Crippen molar-refractivity contribution < 1.29 is 14.6 Å². The molecule has 156 valence electrons. The molecule has 2 aliphatic rings. The molecule has 6 nitrogen and oxygen atoms in total. The van der Waals surface area contributed by atoms with Crippen LogP contribution in [0.3, 0.4) is 0 Å². The average molecular weight is 405 g/mol. The van der Waals surface area contributed by atoms with E-state index in [4.69, 9.17) is 4.74 Å². The Labute approximate surface area is 177 Å². The van der Waals surface area contributed by atoms with Crippen LogP contribution in [0.4, 0.5) is 0 Å². The van der Waals surface area contributed by atoms with Crippen LogP contribution >= 0.6 is 0 Å². The minimum Gasteiger partial charge on any atom is -0.394 e. The zero-order valence-electron chi connectivity index (χ0n) is 16.9. The molecule has 2 aromatic rings. The van der Waals surface area contributed by atoms with Crippen LogP contribution in [-0.2, 0) is 9.53 Å². The van der Waals surface area contributed by atoms with E-state index in [1.807, 2.05) is 65.6 Å². The molecule has 2 aromatic carbocycles. The Kier molecular flexibility index (Phi) is 6.44. The monoisotopic (exact) mass is 405 g/mol. The van der Waals surface area contributed by atoms with E-state index in [0.29, 0.717) is 26.3 Å². The van der Waals surface area contributed by atoms with Gasteiger partial charge < -0.3 is 14.7 Å². The molecule has 2 fully saturated rings. The molecular formula is C24H27N3O3. The van der Waals surface area contributed by atoms with Gasteiger partial charge in [0.05, 0.1) is 37.8 Å². The van der Waals surface area contributed by atoms with E-state index in [0.717, 1.165) is 11.1 Å². The van der Waals surface area contributed by atoms with Crippen LogP contribution in [0.15, 0.2) is 60.7 Å². The molecular weight excluding hydrogens is 378 g/mol. The Morgan fingerprint density at radius 2 is 1.77 bits per heavy atom. The van der Waals surface area contributed by atoms with Gasteiger partial charge in [0.2, 0.25) is 5.91 Å². The first-order valence-electron chi connectivity index (χ1n) is 10.5. The molecule has 4 rings (SSSR count). The molecule has 2 N–H and O–H groups in total. The summed E-state index contributed by atoms with van der Waals surface area (Å²) in [7, 11) is 0. The quantitative estimate of drug-likeness (QED) is 0.737. The van der Waals surface area contributed by atoms with Crippen LogP contribution in [-0.4, -0.2) is 54.9 Å². The van der Waals surface area contributed by atoms with Gasteiger partial charge in [0.15, 0.2) is 0 Å². The third kappa shape index (κ3) is 4.24. The second-order valence-electron chi connectivity index (χ2n) is 7.90. The summed E-state index contributed by atoms with van der Waals surface area (Å²) in [4.78, 5) is 15.1. The number of morpholine rings is 1. The highest BCUT2D eigenvalue weighted by Gasteiger charge is 2.60. The number of amides is 1. The number of nitriles is 1. The standard InChI is InChI=1S/C24H27N3O3/c25-15-19(26-20(16-28)17-7-3-1-4-8-17)22-21(18-9-5-2-6-10-18)23(22)24(29)27-11-13-30-14-12-27/h1-10,19-23,26,28H,11-14,16H2/t19-,20+,21+,22-,23+/m1/s1. The van der Waals surface area contributed by atoms with Crippen molar-refractivity contribution in [2.45, 2.75) is 18.0 Å². The lowest BCUT2D eigenvalue weighted by Crippen LogP contribution is -2.43. The molecule has 0 spiro atoms. The number of hydrogen-bond donors (Lipinski definition) is 2. The second kappa shape index (κ2) is 9.40.